The van der Waals surface area contributed by atoms with Crippen LogP contribution in [0.3, 0.4) is 0 Å². The van der Waals surface area contributed by atoms with E-state index in [1.807, 2.05) is 74.5 Å². The van der Waals surface area contributed by atoms with Gasteiger partial charge in [-0.25, -0.2) is 0 Å². The van der Waals surface area contributed by atoms with Crippen LogP contribution in [-0.2, 0) is 9.59 Å². The third-order valence-electron chi connectivity index (χ3n) is 4.80. The van der Waals surface area contributed by atoms with Crippen LogP contribution in [0.1, 0.15) is 63.2 Å². The van der Waals surface area contributed by atoms with E-state index in [9.17, 15) is 9.59 Å². The molecule has 0 saturated carbocycles. The van der Waals surface area contributed by atoms with Gasteiger partial charge in [0.1, 0.15) is 5.92 Å². The Morgan fingerprint density at radius 3 is 1.56 bits per heavy atom. The molecule has 0 aromatic heterocycles. The van der Waals surface area contributed by atoms with Gasteiger partial charge in [0.05, 0.1) is 12.1 Å². The molecule has 2 aromatic carbocycles. The number of carbonyl (C=O) groups is 2. The number of benzene rings is 2. The Labute approximate surface area is 162 Å². The van der Waals surface area contributed by atoms with Crippen molar-refractivity contribution in [1.82, 2.24) is 10.6 Å². The largest absolute Gasteiger partial charge is 0.349 e. The van der Waals surface area contributed by atoms with Crippen molar-refractivity contribution in [2.75, 3.05) is 0 Å². The molecule has 0 spiro atoms. The molecular formula is C23H30N2O2. The van der Waals surface area contributed by atoms with Crippen LogP contribution in [0, 0.1) is 5.92 Å². The second kappa shape index (κ2) is 10.5. The summed E-state index contributed by atoms with van der Waals surface area (Å²) in [7, 11) is 0. The Morgan fingerprint density at radius 1 is 0.778 bits per heavy atom. The number of hydrogen-bond acceptors (Lipinski definition) is 2. The molecule has 0 aliphatic rings. The van der Waals surface area contributed by atoms with Crippen molar-refractivity contribution in [2.24, 2.45) is 5.92 Å². The van der Waals surface area contributed by atoms with Gasteiger partial charge in [-0.1, -0.05) is 80.4 Å². The molecule has 1 unspecified atom stereocenters. The quantitative estimate of drug-likeness (QED) is 0.640. The molecule has 27 heavy (non-hydrogen) atoms. The molecule has 144 valence electrons. The fourth-order valence-electron chi connectivity index (χ4n) is 3.07. The maximum atomic E-state index is 12.8. The summed E-state index contributed by atoms with van der Waals surface area (Å²) in [5.74, 6) is -1.10. The van der Waals surface area contributed by atoms with Gasteiger partial charge >= 0.3 is 0 Å². The highest BCUT2D eigenvalue weighted by Gasteiger charge is 2.28. The molecule has 2 N–H and O–H groups in total. The molecule has 0 radical (unpaired) electrons. The molecule has 0 saturated heterocycles. The molecule has 0 fully saturated rings. The number of carbonyl (C=O) groups excluding carboxylic acids is 2. The van der Waals surface area contributed by atoms with Crippen molar-refractivity contribution in [3.05, 3.63) is 71.8 Å². The fourth-order valence-corrected chi connectivity index (χ4v) is 3.07. The first kappa shape index (κ1) is 20.7. The molecule has 3 atom stereocenters. The zero-order valence-electron chi connectivity index (χ0n) is 16.4. The molecule has 0 aliphatic heterocycles. The number of amides is 2. The predicted octanol–water partition coefficient (Wildman–Crippen LogP) is 4.55. The average molecular weight is 367 g/mol. The van der Waals surface area contributed by atoms with Gasteiger partial charge in [-0.3, -0.25) is 9.59 Å². The molecule has 2 amide bonds. The minimum Gasteiger partial charge on any atom is -0.349 e. The third kappa shape index (κ3) is 6.24. The molecule has 0 aliphatic carbocycles. The van der Waals surface area contributed by atoms with E-state index >= 15 is 0 Å². The van der Waals surface area contributed by atoms with Crippen LogP contribution in [0.5, 0.6) is 0 Å². The van der Waals surface area contributed by atoms with Crippen molar-refractivity contribution in [1.29, 1.82) is 0 Å². The summed E-state index contributed by atoms with van der Waals surface area (Å²) in [6.07, 6.45) is 2.33. The summed E-state index contributed by atoms with van der Waals surface area (Å²) in [6, 6.07) is 19.3. The minimum atomic E-state index is -0.678. The lowest BCUT2D eigenvalue weighted by Gasteiger charge is -2.22. The Bertz CT molecular complexity index is 656. The highest BCUT2D eigenvalue weighted by atomic mass is 16.2. The van der Waals surface area contributed by atoms with Crippen LogP contribution in [0.2, 0.25) is 0 Å². The van der Waals surface area contributed by atoms with Crippen molar-refractivity contribution < 1.29 is 9.59 Å². The third-order valence-corrected chi connectivity index (χ3v) is 4.80. The average Bonchev–Trinajstić information content (AvgIpc) is 2.69. The van der Waals surface area contributed by atoms with E-state index in [2.05, 4.69) is 17.6 Å². The maximum Gasteiger partial charge on any atom is 0.233 e. The van der Waals surface area contributed by atoms with Gasteiger partial charge in [-0.15, -0.1) is 0 Å². The second-order valence-electron chi connectivity index (χ2n) is 6.98. The number of nitrogens with one attached hydrogen (secondary N) is 2. The highest BCUT2D eigenvalue weighted by Crippen LogP contribution is 2.17. The van der Waals surface area contributed by atoms with Gasteiger partial charge in [-0.05, 0) is 31.4 Å². The monoisotopic (exact) mass is 366 g/mol. The first-order valence-electron chi connectivity index (χ1n) is 9.73. The normalized spacial score (nSPS) is 14.0. The van der Waals surface area contributed by atoms with Crippen LogP contribution < -0.4 is 10.6 Å². The standard InChI is InChI=1S/C23H30N2O2/c1-4-5-16-21(22(26)24-17(2)19-12-8-6-9-13-19)23(27)25-18(3)20-14-10-7-11-15-20/h6-15,17-18,21H,4-5,16H2,1-3H3,(H,24,26)(H,25,27)/t17-,18+,21?. The van der Waals surface area contributed by atoms with Crippen molar-refractivity contribution in [3.63, 3.8) is 0 Å². The zero-order chi connectivity index (χ0) is 19.6. The lowest BCUT2D eigenvalue weighted by Crippen LogP contribution is -2.42. The fraction of sp³-hybridized carbons (Fsp3) is 0.391. The number of hydrogen-bond donors (Lipinski definition) is 2. The molecule has 2 rings (SSSR count). The van der Waals surface area contributed by atoms with Gasteiger partial charge < -0.3 is 10.6 Å². The summed E-state index contributed by atoms with van der Waals surface area (Å²) in [4.78, 5) is 25.6. The summed E-state index contributed by atoms with van der Waals surface area (Å²) in [5.41, 5.74) is 2.05. The molecule has 2 aromatic rings. The Kier molecular flexibility index (Phi) is 8.05. The number of rotatable bonds is 9. The number of unbranched alkanes of at least 4 members (excludes halogenated alkanes) is 1. The summed E-state index contributed by atoms with van der Waals surface area (Å²) >= 11 is 0. The van der Waals surface area contributed by atoms with E-state index < -0.39 is 5.92 Å². The van der Waals surface area contributed by atoms with Gasteiger partial charge in [0.25, 0.3) is 0 Å². The molecule has 0 bridgehead atoms. The summed E-state index contributed by atoms with van der Waals surface area (Å²) in [5, 5.41) is 6.00. The Morgan fingerprint density at radius 2 is 1.19 bits per heavy atom. The topological polar surface area (TPSA) is 58.2 Å². The van der Waals surface area contributed by atoms with E-state index in [-0.39, 0.29) is 23.9 Å². The van der Waals surface area contributed by atoms with Gasteiger partial charge in [0.2, 0.25) is 11.8 Å². The summed E-state index contributed by atoms with van der Waals surface area (Å²) < 4.78 is 0. The maximum absolute atomic E-state index is 12.8. The first-order valence-corrected chi connectivity index (χ1v) is 9.73. The highest BCUT2D eigenvalue weighted by molar-refractivity contribution is 6.00. The van der Waals surface area contributed by atoms with Crippen LogP contribution in [-0.4, -0.2) is 11.8 Å². The lowest BCUT2D eigenvalue weighted by atomic mass is 9.98. The minimum absolute atomic E-state index is 0.137. The van der Waals surface area contributed by atoms with Crippen molar-refractivity contribution in [2.45, 2.75) is 52.1 Å². The van der Waals surface area contributed by atoms with Gasteiger partial charge in [-0.2, -0.15) is 0 Å². The molecule has 0 heterocycles. The zero-order valence-corrected chi connectivity index (χ0v) is 16.4. The van der Waals surface area contributed by atoms with E-state index in [0.717, 1.165) is 24.0 Å². The van der Waals surface area contributed by atoms with Gasteiger partial charge in [0.15, 0.2) is 0 Å². The van der Waals surface area contributed by atoms with Crippen LogP contribution in [0.4, 0.5) is 0 Å². The lowest BCUT2D eigenvalue weighted by molar-refractivity contribution is -0.136. The Balaban J connectivity index is 2.04. The summed E-state index contributed by atoms with van der Waals surface area (Å²) in [6.45, 7) is 5.94. The van der Waals surface area contributed by atoms with E-state index in [0.29, 0.717) is 6.42 Å². The predicted molar refractivity (Wildman–Crippen MR) is 109 cm³/mol. The second-order valence-corrected chi connectivity index (χ2v) is 6.98. The first-order chi connectivity index (χ1) is 13.0. The van der Waals surface area contributed by atoms with E-state index in [1.165, 1.54) is 0 Å². The molecular weight excluding hydrogens is 336 g/mol. The van der Waals surface area contributed by atoms with Crippen LogP contribution in [0.25, 0.3) is 0 Å². The smallest absolute Gasteiger partial charge is 0.233 e. The van der Waals surface area contributed by atoms with E-state index in [4.69, 9.17) is 0 Å². The SMILES string of the molecule is CCCCC(C(=O)N[C@@H](C)c1ccccc1)C(=O)N[C@H](C)c1ccccc1. The molecule has 4 nitrogen and oxygen atoms in total. The van der Waals surface area contributed by atoms with Crippen LogP contribution >= 0.6 is 0 Å². The van der Waals surface area contributed by atoms with Crippen molar-refractivity contribution >= 4 is 11.8 Å². The van der Waals surface area contributed by atoms with Gasteiger partial charge in [0, 0.05) is 0 Å². The van der Waals surface area contributed by atoms with E-state index in [1.54, 1.807) is 0 Å². The molecule has 4 heteroatoms. The van der Waals surface area contributed by atoms with Crippen LogP contribution in [0.15, 0.2) is 60.7 Å². The van der Waals surface area contributed by atoms with Crippen molar-refractivity contribution in [3.8, 4) is 0 Å². The Hall–Kier alpha value is -2.62.